The fourth-order valence-corrected chi connectivity index (χ4v) is 3.63. The maximum Gasteiger partial charge on any atom is 0.152 e. The van der Waals surface area contributed by atoms with Gasteiger partial charge >= 0.3 is 0 Å². The maximum absolute atomic E-state index is 11.4. The molecule has 0 aromatic carbocycles. The topological polar surface area (TPSA) is 78.0 Å². The molecule has 0 bridgehead atoms. The molecule has 0 aliphatic carbocycles. The van der Waals surface area contributed by atoms with Crippen molar-refractivity contribution >= 4 is 9.84 Å². The Morgan fingerprint density at radius 2 is 2.44 bits per heavy atom. The summed E-state index contributed by atoms with van der Waals surface area (Å²) in [4.78, 5) is 0. The Labute approximate surface area is 95.6 Å². The standard InChI is InChI=1S/C10H17N3O2S/c1-8(4-11)9-5-12-13(6-9)10-2-3-16(14,15)7-10/h5-6,8,10H,2-4,7,11H2,1H3. The lowest BCUT2D eigenvalue weighted by molar-refractivity contribution is 0.499. The maximum atomic E-state index is 11.4. The summed E-state index contributed by atoms with van der Waals surface area (Å²) < 4.78 is 24.5. The minimum atomic E-state index is -2.85. The van der Waals surface area contributed by atoms with Crippen LogP contribution < -0.4 is 5.73 Å². The highest BCUT2D eigenvalue weighted by molar-refractivity contribution is 7.91. The lowest BCUT2D eigenvalue weighted by atomic mass is 10.1. The third-order valence-electron chi connectivity index (χ3n) is 3.13. The van der Waals surface area contributed by atoms with E-state index in [0.29, 0.717) is 13.0 Å². The summed E-state index contributed by atoms with van der Waals surface area (Å²) in [6.07, 6.45) is 4.37. The van der Waals surface area contributed by atoms with Crippen LogP contribution in [0.5, 0.6) is 0 Å². The molecule has 2 unspecified atom stereocenters. The number of nitrogens with zero attached hydrogens (tertiary/aromatic N) is 2. The molecule has 6 heteroatoms. The summed E-state index contributed by atoms with van der Waals surface area (Å²) in [5, 5.41) is 4.23. The van der Waals surface area contributed by atoms with Crippen molar-refractivity contribution in [3.8, 4) is 0 Å². The molecule has 1 aromatic heterocycles. The largest absolute Gasteiger partial charge is 0.330 e. The first kappa shape index (κ1) is 11.6. The van der Waals surface area contributed by atoms with Crippen LogP contribution in [0.2, 0.25) is 0 Å². The highest BCUT2D eigenvalue weighted by Gasteiger charge is 2.29. The van der Waals surface area contributed by atoms with Crippen LogP contribution in [0.25, 0.3) is 0 Å². The van der Waals surface area contributed by atoms with Gasteiger partial charge in [-0.15, -0.1) is 0 Å². The lowest BCUT2D eigenvalue weighted by Crippen LogP contribution is -2.12. The highest BCUT2D eigenvalue weighted by atomic mass is 32.2. The number of rotatable bonds is 3. The van der Waals surface area contributed by atoms with Gasteiger partial charge in [-0.25, -0.2) is 8.42 Å². The van der Waals surface area contributed by atoms with Gasteiger partial charge in [0.15, 0.2) is 9.84 Å². The number of sulfone groups is 1. The molecule has 16 heavy (non-hydrogen) atoms. The van der Waals surface area contributed by atoms with Crippen molar-refractivity contribution in [1.82, 2.24) is 9.78 Å². The Bertz CT molecular complexity index is 466. The average Bonchev–Trinajstić information content (AvgIpc) is 2.83. The molecule has 1 aromatic rings. The first-order valence-corrected chi connectivity index (χ1v) is 7.28. The quantitative estimate of drug-likeness (QED) is 0.828. The van der Waals surface area contributed by atoms with Crippen LogP contribution in [0.1, 0.15) is 30.9 Å². The normalized spacial score (nSPS) is 25.8. The molecule has 0 spiro atoms. The van der Waals surface area contributed by atoms with E-state index in [2.05, 4.69) is 5.10 Å². The van der Waals surface area contributed by atoms with E-state index < -0.39 is 9.84 Å². The summed E-state index contributed by atoms with van der Waals surface area (Å²) >= 11 is 0. The van der Waals surface area contributed by atoms with E-state index in [1.807, 2.05) is 13.1 Å². The van der Waals surface area contributed by atoms with Crippen molar-refractivity contribution in [3.63, 3.8) is 0 Å². The first-order chi connectivity index (χ1) is 7.52. The van der Waals surface area contributed by atoms with Gasteiger partial charge in [-0.05, 0) is 24.4 Å². The molecule has 1 saturated heterocycles. The average molecular weight is 243 g/mol. The van der Waals surface area contributed by atoms with Gasteiger partial charge in [-0.2, -0.15) is 5.10 Å². The molecular weight excluding hydrogens is 226 g/mol. The molecule has 1 aliphatic heterocycles. The Morgan fingerprint density at radius 1 is 1.69 bits per heavy atom. The second-order valence-electron chi connectivity index (χ2n) is 4.45. The smallest absolute Gasteiger partial charge is 0.152 e. The van der Waals surface area contributed by atoms with E-state index in [4.69, 9.17) is 5.73 Å². The minimum Gasteiger partial charge on any atom is -0.330 e. The van der Waals surface area contributed by atoms with Gasteiger partial charge in [0.05, 0.1) is 23.7 Å². The summed E-state index contributed by atoms with van der Waals surface area (Å²) in [6, 6.07) is 0.00345. The molecule has 2 atom stereocenters. The van der Waals surface area contributed by atoms with E-state index in [-0.39, 0.29) is 23.5 Å². The monoisotopic (exact) mass is 243 g/mol. The summed E-state index contributed by atoms with van der Waals surface area (Å²) in [7, 11) is -2.85. The van der Waals surface area contributed by atoms with Crippen molar-refractivity contribution in [2.24, 2.45) is 5.73 Å². The Kier molecular flexibility index (Phi) is 3.03. The number of aromatic nitrogens is 2. The van der Waals surface area contributed by atoms with Gasteiger partial charge in [0, 0.05) is 6.20 Å². The van der Waals surface area contributed by atoms with Crippen LogP contribution >= 0.6 is 0 Å². The third-order valence-corrected chi connectivity index (χ3v) is 4.88. The highest BCUT2D eigenvalue weighted by Crippen LogP contribution is 2.24. The SMILES string of the molecule is CC(CN)c1cnn(C2CCS(=O)(=O)C2)c1. The van der Waals surface area contributed by atoms with Gasteiger partial charge in [0.25, 0.3) is 0 Å². The van der Waals surface area contributed by atoms with E-state index in [9.17, 15) is 8.42 Å². The minimum absolute atomic E-state index is 0.00345. The van der Waals surface area contributed by atoms with Gasteiger partial charge in [-0.1, -0.05) is 6.92 Å². The zero-order chi connectivity index (χ0) is 11.8. The Hall–Kier alpha value is -0.880. The molecular formula is C10H17N3O2S. The predicted molar refractivity (Wildman–Crippen MR) is 62.0 cm³/mol. The molecule has 5 nitrogen and oxygen atoms in total. The Morgan fingerprint density at radius 3 is 3.00 bits per heavy atom. The molecule has 1 fully saturated rings. The van der Waals surface area contributed by atoms with Gasteiger partial charge < -0.3 is 5.73 Å². The second-order valence-corrected chi connectivity index (χ2v) is 6.68. The fourth-order valence-electron chi connectivity index (χ4n) is 1.93. The van der Waals surface area contributed by atoms with Crippen molar-refractivity contribution in [3.05, 3.63) is 18.0 Å². The zero-order valence-corrected chi connectivity index (χ0v) is 10.2. The predicted octanol–water partition coefficient (Wildman–Crippen LogP) is 0.305. The molecule has 0 saturated carbocycles. The first-order valence-electron chi connectivity index (χ1n) is 5.46. The molecule has 2 heterocycles. The molecule has 1 aliphatic rings. The molecule has 2 N–H and O–H groups in total. The van der Waals surface area contributed by atoms with E-state index in [0.717, 1.165) is 5.56 Å². The number of nitrogens with two attached hydrogens (primary N) is 1. The van der Waals surface area contributed by atoms with Crippen molar-refractivity contribution in [2.45, 2.75) is 25.3 Å². The molecule has 2 rings (SSSR count). The van der Waals surface area contributed by atoms with E-state index >= 15 is 0 Å². The molecule has 0 radical (unpaired) electrons. The van der Waals surface area contributed by atoms with Gasteiger partial charge in [0.2, 0.25) is 0 Å². The van der Waals surface area contributed by atoms with Crippen LogP contribution in [0.4, 0.5) is 0 Å². The Balaban J connectivity index is 2.14. The van der Waals surface area contributed by atoms with E-state index in [1.165, 1.54) is 0 Å². The van der Waals surface area contributed by atoms with Crippen molar-refractivity contribution in [2.75, 3.05) is 18.1 Å². The van der Waals surface area contributed by atoms with Crippen molar-refractivity contribution in [1.29, 1.82) is 0 Å². The summed E-state index contributed by atoms with van der Waals surface area (Å²) in [5.74, 6) is 0.761. The summed E-state index contributed by atoms with van der Waals surface area (Å²) in [5.41, 5.74) is 6.65. The van der Waals surface area contributed by atoms with Crippen LogP contribution in [0.3, 0.4) is 0 Å². The molecule has 90 valence electrons. The van der Waals surface area contributed by atoms with Crippen LogP contribution in [-0.2, 0) is 9.84 Å². The number of hydrogen-bond donors (Lipinski definition) is 1. The van der Waals surface area contributed by atoms with Crippen LogP contribution in [0, 0.1) is 0 Å². The van der Waals surface area contributed by atoms with Crippen LogP contribution in [0.15, 0.2) is 12.4 Å². The summed E-state index contributed by atoms with van der Waals surface area (Å²) in [6.45, 7) is 2.61. The number of hydrogen-bond acceptors (Lipinski definition) is 4. The van der Waals surface area contributed by atoms with Gasteiger partial charge in [-0.3, -0.25) is 4.68 Å². The van der Waals surface area contributed by atoms with E-state index in [1.54, 1.807) is 10.9 Å². The second kappa shape index (κ2) is 4.18. The third kappa shape index (κ3) is 2.27. The van der Waals surface area contributed by atoms with Crippen LogP contribution in [-0.4, -0.2) is 36.2 Å². The van der Waals surface area contributed by atoms with Crippen molar-refractivity contribution < 1.29 is 8.42 Å². The van der Waals surface area contributed by atoms with Gasteiger partial charge in [0.1, 0.15) is 0 Å². The molecule has 0 amide bonds. The lowest BCUT2D eigenvalue weighted by Gasteiger charge is -2.08. The fraction of sp³-hybridized carbons (Fsp3) is 0.700. The zero-order valence-electron chi connectivity index (χ0n) is 9.33.